The molecule has 1 aromatic heterocycles. The first-order valence-corrected chi connectivity index (χ1v) is 24.7. The summed E-state index contributed by atoms with van der Waals surface area (Å²) >= 11 is 0. The molecule has 0 saturated heterocycles. The zero-order chi connectivity index (χ0) is 52.6. The van der Waals surface area contributed by atoms with Crippen LogP contribution in [0.15, 0.2) is 159 Å². The van der Waals surface area contributed by atoms with Crippen molar-refractivity contribution in [2.45, 2.75) is 21.6 Å². The molecule has 0 aliphatic carbocycles. The molecule has 0 radical (unpaired) electrons. The molecule has 73 heavy (non-hydrogen) atoms. The summed E-state index contributed by atoms with van der Waals surface area (Å²) in [6.45, 7) is 1.54. The summed E-state index contributed by atoms with van der Waals surface area (Å²) < 4.78 is 120. The van der Waals surface area contributed by atoms with Gasteiger partial charge in [-0.2, -0.15) is 40.3 Å². The Balaban J connectivity index is 1.07. The van der Waals surface area contributed by atoms with E-state index in [1.165, 1.54) is 107 Å². The molecular formula is C44H35N11O15S3. The van der Waals surface area contributed by atoms with E-state index >= 15 is 0 Å². The molecule has 7 aromatic carbocycles. The predicted molar refractivity (Wildman–Crippen MR) is 258 cm³/mol. The minimum atomic E-state index is -5.03. The minimum Gasteiger partial charge on any atom is -0.508 e. The van der Waals surface area contributed by atoms with Crippen LogP contribution in [0.1, 0.15) is 5.56 Å². The minimum absolute atomic E-state index is 0.00268. The number of rotatable bonds is 15. The third-order valence-corrected chi connectivity index (χ3v) is 13.0. The van der Waals surface area contributed by atoms with Crippen LogP contribution in [0.25, 0.3) is 27.5 Å². The topological polar surface area (TPSA) is 381 Å². The fourth-order valence-electron chi connectivity index (χ4n) is 6.88. The van der Waals surface area contributed by atoms with Gasteiger partial charge in [0.1, 0.15) is 83.7 Å². The Hall–Kier alpha value is -8.87. The van der Waals surface area contributed by atoms with Crippen molar-refractivity contribution in [1.82, 2.24) is 15.0 Å². The van der Waals surface area contributed by atoms with Crippen molar-refractivity contribution in [2.75, 3.05) is 21.3 Å². The van der Waals surface area contributed by atoms with E-state index in [0.29, 0.717) is 11.3 Å². The van der Waals surface area contributed by atoms with Crippen LogP contribution in [0.5, 0.6) is 34.5 Å². The van der Waals surface area contributed by atoms with E-state index in [9.17, 15) is 54.2 Å². The van der Waals surface area contributed by atoms with Crippen molar-refractivity contribution in [3.05, 3.63) is 109 Å². The highest BCUT2D eigenvalue weighted by Gasteiger charge is 2.24. The Morgan fingerprint density at radius 1 is 0.493 bits per heavy atom. The number of methoxy groups -OCH3 is 3. The molecule has 1 heterocycles. The van der Waals surface area contributed by atoms with Crippen LogP contribution >= 0.6 is 0 Å². The Morgan fingerprint density at radius 3 is 1.58 bits per heavy atom. The lowest BCUT2D eigenvalue weighted by Gasteiger charge is -2.10. The van der Waals surface area contributed by atoms with E-state index in [1.807, 2.05) is 0 Å². The Morgan fingerprint density at radius 2 is 1.01 bits per heavy atom. The summed E-state index contributed by atoms with van der Waals surface area (Å²) in [6, 6.07) is 22.0. The molecule has 374 valence electrons. The van der Waals surface area contributed by atoms with Crippen LogP contribution in [0, 0.1) is 6.92 Å². The normalized spacial score (nSPS) is 12.6. The van der Waals surface area contributed by atoms with Gasteiger partial charge in [-0.05, 0) is 96.7 Å². The van der Waals surface area contributed by atoms with Gasteiger partial charge in [-0.25, -0.2) is 0 Å². The van der Waals surface area contributed by atoms with Crippen LogP contribution in [-0.2, 0) is 30.4 Å². The summed E-state index contributed by atoms with van der Waals surface area (Å²) in [5.41, 5.74) is 0.0229. The summed E-state index contributed by atoms with van der Waals surface area (Å²) in [7, 11) is -10.6. The number of ether oxygens (including phenoxy) is 3. The lowest BCUT2D eigenvalue weighted by molar-refractivity contribution is 0.404. The first kappa shape index (κ1) is 50.5. The number of phenolic OH excluding ortho intramolecular Hbond substituents is 3. The summed E-state index contributed by atoms with van der Waals surface area (Å²) in [4.78, 5) is -0.781. The standard InChI is InChI=1S/C44H35N11O15S3/c1-22-13-27(71(59,60)61)10-12-36(22)55-53-29-16-35(41(72(62,63)64)21-30(29)54-55)51-50-34-20-39(69-3)33(19-40(34)70-4)49-48-32-17-37(57)31(18-38(32)68-2)47-52-43-42(73(65,66)67)15-23-14-25(7-11-28(23)44(43)58)46-45-24-5-8-26(56)9-6-24/h5-21,56-58H,1-4H3,(H,59,60,61)(H,62,63,64)(H,65,66,67)/b46-45-,49-48-,51-50-,52-47-. The molecule has 0 amide bonds. The molecule has 0 spiro atoms. The Kier molecular flexibility index (Phi) is 13.7. The molecule has 6 N–H and O–H groups in total. The number of aromatic nitrogens is 3. The number of fused-ring (bicyclic) bond motifs is 2. The molecule has 0 aliphatic rings. The number of benzene rings is 7. The van der Waals surface area contributed by atoms with E-state index in [0.717, 1.165) is 29.1 Å². The lowest BCUT2D eigenvalue weighted by Crippen LogP contribution is -2.04. The van der Waals surface area contributed by atoms with Gasteiger partial charge in [0, 0.05) is 29.7 Å². The zero-order valence-electron chi connectivity index (χ0n) is 37.8. The SMILES string of the molecule is COc1cc(/N=N\c2c(S(=O)(=O)O)cc3cc(/N=N\c4ccc(O)cc4)ccc3c2O)c(O)cc1/N=N\c1cc(OC)c(/N=N\c2cc3nn(-c4ccc(S(=O)(=O)O)cc4C)nc3cc2S(=O)(=O)O)cc1OC. The smallest absolute Gasteiger partial charge is 0.296 e. The number of azo groups is 4. The second kappa shape index (κ2) is 19.7. The Bertz CT molecular complexity index is 4020. The monoisotopic (exact) mass is 1050 g/mol. The molecule has 0 atom stereocenters. The van der Waals surface area contributed by atoms with Crippen molar-refractivity contribution >= 4 is 97.7 Å². The number of hydrogen-bond acceptors (Lipinski definition) is 22. The van der Waals surface area contributed by atoms with E-state index in [1.54, 1.807) is 0 Å². The van der Waals surface area contributed by atoms with Gasteiger partial charge in [0.05, 0.1) is 43.3 Å². The van der Waals surface area contributed by atoms with E-state index in [-0.39, 0.29) is 89.5 Å². The van der Waals surface area contributed by atoms with Gasteiger partial charge in [-0.15, -0.1) is 40.9 Å². The van der Waals surface area contributed by atoms with Crippen LogP contribution in [0.3, 0.4) is 0 Å². The molecule has 0 fully saturated rings. The maximum absolute atomic E-state index is 12.6. The van der Waals surface area contributed by atoms with Gasteiger partial charge in [0.25, 0.3) is 30.4 Å². The van der Waals surface area contributed by atoms with E-state index < -0.39 is 57.3 Å². The number of hydrogen-bond donors (Lipinski definition) is 6. The van der Waals surface area contributed by atoms with Crippen molar-refractivity contribution in [3.8, 4) is 40.2 Å². The predicted octanol–water partition coefficient (Wildman–Crippen LogP) is 10.4. The highest BCUT2D eigenvalue weighted by Crippen LogP contribution is 2.46. The molecule has 29 heteroatoms. The number of nitrogens with zero attached hydrogens (tertiary/aromatic N) is 11. The van der Waals surface area contributed by atoms with Crippen molar-refractivity contribution < 1.29 is 68.4 Å². The first-order chi connectivity index (χ1) is 34.5. The van der Waals surface area contributed by atoms with Crippen LogP contribution in [0.2, 0.25) is 0 Å². The van der Waals surface area contributed by atoms with E-state index in [2.05, 4.69) is 51.1 Å². The van der Waals surface area contributed by atoms with Gasteiger partial charge in [-0.1, -0.05) is 0 Å². The third-order valence-electron chi connectivity index (χ3n) is 10.4. The molecule has 0 aliphatic heterocycles. The van der Waals surface area contributed by atoms with Gasteiger partial charge in [-0.3, -0.25) is 13.7 Å². The molecule has 26 nitrogen and oxygen atoms in total. The average molecular weight is 1050 g/mol. The molecule has 0 unspecified atom stereocenters. The maximum atomic E-state index is 12.6. The molecular weight excluding hydrogens is 1020 g/mol. The number of aryl methyl sites for hydroxylation is 1. The highest BCUT2D eigenvalue weighted by molar-refractivity contribution is 7.86. The highest BCUT2D eigenvalue weighted by atomic mass is 32.2. The van der Waals surface area contributed by atoms with Gasteiger partial charge in [0.15, 0.2) is 5.75 Å². The summed E-state index contributed by atoms with van der Waals surface area (Å²) in [5.74, 6) is -1.19. The average Bonchev–Trinajstić information content (AvgIpc) is 3.76. The molecule has 0 saturated carbocycles. The molecule has 8 rings (SSSR count). The molecule has 0 bridgehead atoms. The lowest BCUT2D eigenvalue weighted by atomic mass is 10.1. The van der Waals surface area contributed by atoms with Crippen molar-refractivity contribution in [1.29, 1.82) is 0 Å². The number of phenols is 3. The van der Waals surface area contributed by atoms with Gasteiger partial charge >= 0.3 is 0 Å². The fourth-order valence-corrected chi connectivity index (χ4v) is 8.73. The summed E-state index contributed by atoms with van der Waals surface area (Å²) in [6.07, 6.45) is 0. The second-order valence-corrected chi connectivity index (χ2v) is 19.4. The largest absolute Gasteiger partial charge is 0.508 e. The van der Waals surface area contributed by atoms with Crippen molar-refractivity contribution in [3.63, 3.8) is 0 Å². The maximum Gasteiger partial charge on any atom is 0.296 e. The summed E-state index contributed by atoms with van der Waals surface area (Å²) in [5, 5.41) is 73.1. The Labute approximate surface area is 412 Å². The van der Waals surface area contributed by atoms with Crippen LogP contribution < -0.4 is 14.2 Å². The quantitative estimate of drug-likeness (QED) is 0.0410. The van der Waals surface area contributed by atoms with Crippen LogP contribution in [0.4, 0.5) is 45.5 Å². The number of aromatic hydroxyl groups is 3. The van der Waals surface area contributed by atoms with Gasteiger partial charge < -0.3 is 29.5 Å². The third kappa shape index (κ3) is 10.9. The van der Waals surface area contributed by atoms with Gasteiger partial charge in [0.2, 0.25) is 0 Å². The molecule has 8 aromatic rings. The van der Waals surface area contributed by atoms with Crippen molar-refractivity contribution in [2.24, 2.45) is 40.9 Å². The fraction of sp³-hybridized carbons (Fsp3) is 0.0909. The first-order valence-electron chi connectivity index (χ1n) is 20.4. The zero-order valence-corrected chi connectivity index (χ0v) is 40.3. The van der Waals surface area contributed by atoms with Crippen LogP contribution in [-0.4, -0.2) is 90.6 Å². The van der Waals surface area contributed by atoms with E-state index in [4.69, 9.17) is 14.2 Å². The second-order valence-electron chi connectivity index (χ2n) is 15.2.